The van der Waals surface area contributed by atoms with Crippen LogP contribution in [0.4, 0.5) is 11.9 Å². The third-order valence-electron chi connectivity index (χ3n) is 5.72. The second-order valence-corrected chi connectivity index (χ2v) is 7.64. The molecular formula is C22H25N7O. The number of hydrogen-bond acceptors (Lipinski definition) is 8. The maximum absolute atomic E-state index is 5.50. The van der Waals surface area contributed by atoms with Crippen LogP contribution in [0.15, 0.2) is 49.2 Å². The van der Waals surface area contributed by atoms with Crippen molar-refractivity contribution in [3.8, 4) is 11.1 Å². The van der Waals surface area contributed by atoms with Crippen LogP contribution in [0.5, 0.6) is 0 Å². The number of aromatic nitrogens is 5. The Morgan fingerprint density at radius 3 is 2.53 bits per heavy atom. The second-order valence-electron chi connectivity index (χ2n) is 7.64. The number of rotatable bonds is 4. The monoisotopic (exact) mass is 403 g/mol. The third-order valence-corrected chi connectivity index (χ3v) is 5.72. The van der Waals surface area contributed by atoms with Crippen LogP contribution in [0.3, 0.4) is 0 Å². The van der Waals surface area contributed by atoms with Crippen molar-refractivity contribution >= 4 is 11.9 Å². The zero-order valence-corrected chi connectivity index (χ0v) is 16.9. The first-order valence-corrected chi connectivity index (χ1v) is 10.5. The predicted octanol–water partition coefficient (Wildman–Crippen LogP) is 2.55. The van der Waals surface area contributed by atoms with E-state index in [0.29, 0.717) is 13.2 Å². The molecule has 0 N–H and O–H groups in total. The molecule has 5 rings (SSSR count). The molecule has 8 nitrogen and oxygen atoms in total. The maximum atomic E-state index is 5.50. The Morgan fingerprint density at radius 2 is 1.73 bits per heavy atom. The molecule has 2 saturated heterocycles. The van der Waals surface area contributed by atoms with Crippen LogP contribution in [0.1, 0.15) is 24.5 Å². The molecule has 5 heterocycles. The number of anilines is 2. The second kappa shape index (κ2) is 8.71. The molecule has 0 radical (unpaired) electrons. The van der Waals surface area contributed by atoms with E-state index in [2.05, 4.69) is 30.8 Å². The Hall–Kier alpha value is -3.13. The first kappa shape index (κ1) is 18.9. The molecule has 154 valence electrons. The lowest BCUT2D eigenvalue weighted by Crippen LogP contribution is -2.38. The SMILES string of the molecule is c1cnc(N2CCC[C@@H](c3nc(N4CCOCC4)ncc3-c3cccnc3)C2)nc1. The molecule has 0 bridgehead atoms. The lowest BCUT2D eigenvalue weighted by atomic mass is 9.90. The van der Waals surface area contributed by atoms with Gasteiger partial charge in [-0.1, -0.05) is 6.07 Å². The highest BCUT2D eigenvalue weighted by atomic mass is 16.5. The molecule has 2 fully saturated rings. The topological polar surface area (TPSA) is 80.2 Å². The first-order chi connectivity index (χ1) is 14.9. The lowest BCUT2D eigenvalue weighted by Gasteiger charge is -2.34. The van der Waals surface area contributed by atoms with E-state index in [-0.39, 0.29) is 5.92 Å². The summed E-state index contributed by atoms with van der Waals surface area (Å²) >= 11 is 0. The number of hydrogen-bond donors (Lipinski definition) is 0. The highest BCUT2D eigenvalue weighted by Crippen LogP contribution is 2.34. The van der Waals surface area contributed by atoms with Gasteiger partial charge in [-0.3, -0.25) is 4.98 Å². The van der Waals surface area contributed by atoms with Gasteiger partial charge < -0.3 is 14.5 Å². The Balaban J connectivity index is 1.50. The number of pyridine rings is 1. The van der Waals surface area contributed by atoms with Gasteiger partial charge in [-0.2, -0.15) is 0 Å². The van der Waals surface area contributed by atoms with E-state index in [0.717, 1.165) is 67.7 Å². The van der Waals surface area contributed by atoms with Crippen molar-refractivity contribution in [2.45, 2.75) is 18.8 Å². The quantitative estimate of drug-likeness (QED) is 0.658. The molecule has 0 spiro atoms. The van der Waals surface area contributed by atoms with Crippen molar-refractivity contribution in [1.29, 1.82) is 0 Å². The molecule has 0 saturated carbocycles. The van der Waals surface area contributed by atoms with Gasteiger partial charge in [0, 0.05) is 74.2 Å². The van der Waals surface area contributed by atoms with Crippen LogP contribution in [-0.2, 0) is 4.74 Å². The highest BCUT2D eigenvalue weighted by Gasteiger charge is 2.28. The van der Waals surface area contributed by atoms with Gasteiger partial charge in [0.15, 0.2) is 0 Å². The summed E-state index contributed by atoms with van der Waals surface area (Å²) in [6.07, 6.45) is 11.4. The van der Waals surface area contributed by atoms with Crippen molar-refractivity contribution in [3.63, 3.8) is 0 Å². The van der Waals surface area contributed by atoms with Crippen LogP contribution in [0.25, 0.3) is 11.1 Å². The van der Waals surface area contributed by atoms with Crippen LogP contribution >= 0.6 is 0 Å². The van der Waals surface area contributed by atoms with Gasteiger partial charge in [0.1, 0.15) is 0 Å². The summed E-state index contributed by atoms with van der Waals surface area (Å²) in [6.45, 7) is 4.87. The Labute approximate surface area is 176 Å². The van der Waals surface area contributed by atoms with Crippen molar-refractivity contribution in [2.75, 3.05) is 49.2 Å². The number of ether oxygens (including phenoxy) is 1. The summed E-state index contributed by atoms with van der Waals surface area (Å²) < 4.78 is 5.50. The van der Waals surface area contributed by atoms with Gasteiger partial charge in [0.25, 0.3) is 0 Å². The first-order valence-electron chi connectivity index (χ1n) is 10.5. The summed E-state index contributed by atoms with van der Waals surface area (Å²) in [5.74, 6) is 1.85. The Kier molecular flexibility index (Phi) is 5.48. The molecule has 0 aliphatic carbocycles. The van der Waals surface area contributed by atoms with Crippen molar-refractivity contribution < 1.29 is 4.74 Å². The fourth-order valence-corrected chi connectivity index (χ4v) is 4.19. The van der Waals surface area contributed by atoms with E-state index < -0.39 is 0 Å². The average molecular weight is 403 g/mol. The van der Waals surface area contributed by atoms with Gasteiger partial charge in [-0.05, 0) is 25.0 Å². The predicted molar refractivity (Wildman–Crippen MR) is 115 cm³/mol. The minimum Gasteiger partial charge on any atom is -0.378 e. The van der Waals surface area contributed by atoms with Crippen LogP contribution < -0.4 is 9.80 Å². The van der Waals surface area contributed by atoms with Gasteiger partial charge >= 0.3 is 0 Å². The molecule has 0 amide bonds. The summed E-state index contributed by atoms with van der Waals surface area (Å²) in [5.41, 5.74) is 3.19. The Bertz CT molecular complexity index is 964. The molecule has 3 aromatic rings. The van der Waals surface area contributed by atoms with Gasteiger partial charge in [-0.25, -0.2) is 19.9 Å². The fraction of sp³-hybridized carbons (Fsp3) is 0.409. The Morgan fingerprint density at radius 1 is 0.867 bits per heavy atom. The van der Waals surface area contributed by atoms with Crippen LogP contribution in [0.2, 0.25) is 0 Å². The van der Waals surface area contributed by atoms with E-state index in [4.69, 9.17) is 14.7 Å². The van der Waals surface area contributed by atoms with Crippen molar-refractivity contribution in [2.24, 2.45) is 0 Å². The molecule has 3 aromatic heterocycles. The molecule has 30 heavy (non-hydrogen) atoms. The average Bonchev–Trinajstić information content (AvgIpc) is 2.85. The molecule has 0 unspecified atom stereocenters. The largest absolute Gasteiger partial charge is 0.378 e. The zero-order chi connectivity index (χ0) is 20.2. The van der Waals surface area contributed by atoms with Gasteiger partial charge in [0.05, 0.1) is 18.9 Å². The summed E-state index contributed by atoms with van der Waals surface area (Å²) in [7, 11) is 0. The van der Waals surface area contributed by atoms with Crippen molar-refractivity contribution in [3.05, 3.63) is 54.9 Å². The highest BCUT2D eigenvalue weighted by molar-refractivity contribution is 5.66. The molecule has 0 aromatic carbocycles. The standard InChI is InChI=1S/C22H25N7O/c1-4-17(14-23-6-1)19-15-26-22(28-10-12-30-13-11-28)27-20(19)18-5-2-9-29(16-18)21-24-7-3-8-25-21/h1,3-4,6-8,14-15,18H,2,5,9-13,16H2/t18-/m1/s1. The maximum Gasteiger partial charge on any atom is 0.225 e. The molecule has 1 atom stereocenters. The molecule has 2 aliphatic heterocycles. The van der Waals surface area contributed by atoms with Crippen LogP contribution in [-0.4, -0.2) is 64.3 Å². The zero-order valence-electron chi connectivity index (χ0n) is 16.9. The lowest BCUT2D eigenvalue weighted by molar-refractivity contribution is 0.122. The molecule has 8 heteroatoms. The summed E-state index contributed by atoms with van der Waals surface area (Å²) in [5, 5.41) is 0. The van der Waals surface area contributed by atoms with Crippen molar-refractivity contribution in [1.82, 2.24) is 24.9 Å². The van der Waals surface area contributed by atoms with Gasteiger partial charge in [-0.15, -0.1) is 0 Å². The van der Waals surface area contributed by atoms with Gasteiger partial charge in [0.2, 0.25) is 11.9 Å². The third kappa shape index (κ3) is 3.95. The number of piperidine rings is 1. The minimum atomic E-state index is 0.278. The van der Waals surface area contributed by atoms with E-state index in [1.54, 1.807) is 18.6 Å². The fourth-order valence-electron chi connectivity index (χ4n) is 4.19. The molecular weight excluding hydrogens is 378 g/mol. The van der Waals surface area contributed by atoms with E-state index in [1.807, 2.05) is 24.5 Å². The summed E-state index contributed by atoms with van der Waals surface area (Å²) in [6, 6.07) is 5.88. The normalized spacial score (nSPS) is 19.7. The number of nitrogens with zero attached hydrogens (tertiary/aromatic N) is 7. The van der Waals surface area contributed by atoms with E-state index in [1.165, 1.54) is 0 Å². The minimum absolute atomic E-state index is 0.278. The number of morpholine rings is 1. The van der Waals surface area contributed by atoms with Crippen LogP contribution in [0, 0.1) is 0 Å². The van der Waals surface area contributed by atoms with E-state index in [9.17, 15) is 0 Å². The van der Waals surface area contributed by atoms with E-state index >= 15 is 0 Å². The smallest absolute Gasteiger partial charge is 0.225 e. The summed E-state index contributed by atoms with van der Waals surface area (Å²) in [4.78, 5) is 27.5. The molecule has 2 aliphatic rings.